The lowest BCUT2D eigenvalue weighted by molar-refractivity contribution is 0.533. The van der Waals surface area contributed by atoms with E-state index in [1.807, 2.05) is 11.3 Å². The molecule has 108 valence electrons. The van der Waals surface area contributed by atoms with Gasteiger partial charge in [0.15, 0.2) is 0 Å². The van der Waals surface area contributed by atoms with Crippen LogP contribution < -0.4 is 5.32 Å². The number of aryl methyl sites for hydroxylation is 2. The third-order valence-electron chi connectivity index (χ3n) is 3.23. The predicted octanol–water partition coefficient (Wildman–Crippen LogP) is 4.81. The number of rotatable bonds is 6. The number of benzene rings is 1. The second-order valence-electron chi connectivity index (χ2n) is 5.02. The smallest absolute Gasteiger partial charge is 0.0900 e. The third-order valence-corrected chi connectivity index (χ3v) is 4.91. The Bertz CT molecular complexity index is 565. The Morgan fingerprint density at radius 1 is 1.35 bits per heavy atom. The molecule has 1 unspecified atom stereocenters. The van der Waals surface area contributed by atoms with Gasteiger partial charge >= 0.3 is 0 Å². The van der Waals surface area contributed by atoms with E-state index < -0.39 is 0 Å². The number of thiazole rings is 1. The van der Waals surface area contributed by atoms with Crippen LogP contribution in [0.3, 0.4) is 0 Å². The summed E-state index contributed by atoms with van der Waals surface area (Å²) in [7, 11) is 0. The average Bonchev–Trinajstić information content (AvgIpc) is 2.73. The highest BCUT2D eigenvalue weighted by Crippen LogP contribution is 2.28. The lowest BCUT2D eigenvalue weighted by atomic mass is 10.0. The molecule has 2 aromatic rings. The molecule has 1 aromatic carbocycles. The molecule has 1 N–H and O–H groups in total. The lowest BCUT2D eigenvalue weighted by Crippen LogP contribution is -2.24. The van der Waals surface area contributed by atoms with E-state index in [1.54, 1.807) is 0 Å². The van der Waals surface area contributed by atoms with Crippen LogP contribution in [0.15, 0.2) is 28.7 Å². The Morgan fingerprint density at radius 3 is 2.75 bits per heavy atom. The van der Waals surface area contributed by atoms with Crippen molar-refractivity contribution in [3.05, 3.63) is 49.9 Å². The van der Waals surface area contributed by atoms with E-state index in [1.165, 1.54) is 10.4 Å². The van der Waals surface area contributed by atoms with Gasteiger partial charge in [-0.05, 0) is 50.9 Å². The molecule has 0 amide bonds. The van der Waals surface area contributed by atoms with Crippen molar-refractivity contribution in [2.24, 2.45) is 0 Å². The van der Waals surface area contributed by atoms with Gasteiger partial charge in [0.25, 0.3) is 0 Å². The number of aromatic nitrogens is 1. The first kappa shape index (κ1) is 15.7. The van der Waals surface area contributed by atoms with Crippen molar-refractivity contribution in [2.75, 3.05) is 6.54 Å². The molecule has 4 heteroatoms. The summed E-state index contributed by atoms with van der Waals surface area (Å²) >= 11 is 5.36. The van der Waals surface area contributed by atoms with Gasteiger partial charge in [0.1, 0.15) is 0 Å². The summed E-state index contributed by atoms with van der Waals surface area (Å²) in [6, 6.07) is 8.91. The van der Waals surface area contributed by atoms with Gasteiger partial charge in [-0.3, -0.25) is 0 Å². The van der Waals surface area contributed by atoms with Crippen molar-refractivity contribution >= 4 is 27.3 Å². The molecular formula is C16H21BrN2S. The Hall–Kier alpha value is -0.710. The van der Waals surface area contributed by atoms with E-state index in [4.69, 9.17) is 0 Å². The monoisotopic (exact) mass is 352 g/mol. The fraction of sp³-hybridized carbons (Fsp3) is 0.438. The van der Waals surface area contributed by atoms with E-state index in [0.717, 1.165) is 34.6 Å². The fourth-order valence-electron chi connectivity index (χ4n) is 2.35. The first-order chi connectivity index (χ1) is 9.60. The lowest BCUT2D eigenvalue weighted by Gasteiger charge is -2.18. The van der Waals surface area contributed by atoms with Gasteiger partial charge in [-0.1, -0.05) is 35.0 Å². The first-order valence-electron chi connectivity index (χ1n) is 7.02. The third kappa shape index (κ3) is 4.14. The molecule has 0 saturated heterocycles. The minimum atomic E-state index is 0.357. The normalized spacial score (nSPS) is 12.6. The summed E-state index contributed by atoms with van der Waals surface area (Å²) < 4.78 is 1.14. The molecule has 1 atom stereocenters. The van der Waals surface area contributed by atoms with Crippen LogP contribution in [0.1, 0.15) is 40.5 Å². The number of hydrogen-bond donors (Lipinski definition) is 1. The van der Waals surface area contributed by atoms with E-state index in [2.05, 4.69) is 71.3 Å². The van der Waals surface area contributed by atoms with Crippen molar-refractivity contribution in [1.29, 1.82) is 0 Å². The number of nitrogens with one attached hydrogen (secondary N) is 1. The molecule has 0 radical (unpaired) electrons. The second kappa shape index (κ2) is 7.34. The highest BCUT2D eigenvalue weighted by Gasteiger charge is 2.17. The Morgan fingerprint density at radius 2 is 2.15 bits per heavy atom. The van der Waals surface area contributed by atoms with E-state index in [-0.39, 0.29) is 0 Å². The summed E-state index contributed by atoms with van der Waals surface area (Å²) in [5.74, 6) is 0. The van der Waals surface area contributed by atoms with Crippen molar-refractivity contribution < 1.29 is 0 Å². The van der Waals surface area contributed by atoms with E-state index in [0.29, 0.717) is 6.04 Å². The first-order valence-corrected chi connectivity index (χ1v) is 8.63. The predicted molar refractivity (Wildman–Crippen MR) is 90.5 cm³/mol. The van der Waals surface area contributed by atoms with Crippen LogP contribution in [0.5, 0.6) is 0 Å². The topological polar surface area (TPSA) is 24.9 Å². The summed E-state index contributed by atoms with van der Waals surface area (Å²) in [6.45, 7) is 7.43. The Balaban J connectivity index is 2.21. The van der Waals surface area contributed by atoms with Gasteiger partial charge in [0.2, 0.25) is 0 Å². The Kier molecular flexibility index (Phi) is 5.75. The molecule has 0 aliphatic heterocycles. The standard InChI is InChI=1S/C16H21BrN2S/c1-4-8-18-15(16-11(2)19-12(3)20-16)10-13-6-5-7-14(17)9-13/h5-7,9,15,18H,4,8,10H2,1-3H3. The minimum absolute atomic E-state index is 0.357. The summed E-state index contributed by atoms with van der Waals surface area (Å²) in [4.78, 5) is 5.94. The molecule has 0 fully saturated rings. The fourth-order valence-corrected chi connectivity index (χ4v) is 3.80. The van der Waals surface area contributed by atoms with Crippen molar-refractivity contribution in [3.8, 4) is 0 Å². The maximum absolute atomic E-state index is 4.57. The van der Waals surface area contributed by atoms with Crippen LogP contribution in [0.25, 0.3) is 0 Å². The van der Waals surface area contributed by atoms with Crippen LogP contribution in [0.4, 0.5) is 0 Å². The van der Waals surface area contributed by atoms with Gasteiger partial charge in [-0.25, -0.2) is 4.98 Å². The molecule has 2 nitrogen and oxygen atoms in total. The number of hydrogen-bond acceptors (Lipinski definition) is 3. The zero-order valence-corrected chi connectivity index (χ0v) is 14.6. The highest BCUT2D eigenvalue weighted by atomic mass is 79.9. The maximum Gasteiger partial charge on any atom is 0.0900 e. The molecule has 0 aliphatic rings. The molecule has 20 heavy (non-hydrogen) atoms. The highest BCUT2D eigenvalue weighted by molar-refractivity contribution is 9.10. The molecule has 0 aliphatic carbocycles. The van der Waals surface area contributed by atoms with Crippen LogP contribution in [-0.2, 0) is 6.42 Å². The second-order valence-corrected chi connectivity index (χ2v) is 7.17. The zero-order valence-electron chi connectivity index (χ0n) is 12.2. The molecule has 0 saturated carbocycles. The molecule has 0 spiro atoms. The summed E-state index contributed by atoms with van der Waals surface area (Å²) in [6.07, 6.45) is 2.15. The van der Waals surface area contributed by atoms with E-state index >= 15 is 0 Å². The molecule has 1 heterocycles. The SMILES string of the molecule is CCCNC(Cc1cccc(Br)c1)c1sc(C)nc1C. The molecule has 2 rings (SSSR count). The number of halogens is 1. The maximum atomic E-state index is 4.57. The Labute approximate surface area is 133 Å². The van der Waals surface area contributed by atoms with Crippen molar-refractivity contribution in [3.63, 3.8) is 0 Å². The van der Waals surface area contributed by atoms with Crippen LogP contribution >= 0.6 is 27.3 Å². The van der Waals surface area contributed by atoms with Gasteiger partial charge in [-0.2, -0.15) is 0 Å². The summed E-state index contributed by atoms with van der Waals surface area (Å²) in [5.41, 5.74) is 2.51. The quantitative estimate of drug-likeness (QED) is 0.806. The van der Waals surface area contributed by atoms with Crippen molar-refractivity contribution in [2.45, 2.75) is 39.7 Å². The molecule has 0 bridgehead atoms. The van der Waals surface area contributed by atoms with Gasteiger partial charge in [0.05, 0.1) is 10.7 Å². The molecule has 1 aromatic heterocycles. The van der Waals surface area contributed by atoms with Crippen LogP contribution in [0, 0.1) is 13.8 Å². The zero-order chi connectivity index (χ0) is 14.5. The van der Waals surface area contributed by atoms with Crippen LogP contribution in [0.2, 0.25) is 0 Å². The van der Waals surface area contributed by atoms with Crippen LogP contribution in [-0.4, -0.2) is 11.5 Å². The minimum Gasteiger partial charge on any atom is -0.309 e. The largest absolute Gasteiger partial charge is 0.309 e. The number of nitrogens with zero attached hydrogens (tertiary/aromatic N) is 1. The van der Waals surface area contributed by atoms with Gasteiger partial charge < -0.3 is 5.32 Å². The van der Waals surface area contributed by atoms with E-state index in [9.17, 15) is 0 Å². The average molecular weight is 353 g/mol. The van der Waals surface area contributed by atoms with Gasteiger partial charge in [-0.15, -0.1) is 11.3 Å². The summed E-state index contributed by atoms with van der Waals surface area (Å²) in [5, 5.41) is 4.81. The van der Waals surface area contributed by atoms with Gasteiger partial charge in [0, 0.05) is 15.4 Å². The molecular weight excluding hydrogens is 332 g/mol. The van der Waals surface area contributed by atoms with Crippen molar-refractivity contribution in [1.82, 2.24) is 10.3 Å².